The van der Waals surface area contributed by atoms with Crippen molar-refractivity contribution >= 4 is 5.78 Å². The maximum atomic E-state index is 12.1. The Morgan fingerprint density at radius 1 is 1.29 bits per heavy atom. The minimum Gasteiger partial charge on any atom is -0.508 e. The number of ketones is 1. The molecule has 0 amide bonds. The largest absolute Gasteiger partial charge is 0.508 e. The van der Waals surface area contributed by atoms with Crippen LogP contribution in [-0.2, 0) is 11.2 Å². The molecule has 1 aliphatic carbocycles. The van der Waals surface area contributed by atoms with E-state index < -0.39 is 0 Å². The molecule has 0 unspecified atom stereocenters. The van der Waals surface area contributed by atoms with Crippen molar-refractivity contribution in [2.75, 3.05) is 0 Å². The van der Waals surface area contributed by atoms with E-state index >= 15 is 0 Å². The van der Waals surface area contributed by atoms with Crippen LogP contribution in [0.3, 0.4) is 0 Å². The van der Waals surface area contributed by atoms with Gasteiger partial charge in [0.2, 0.25) is 0 Å². The van der Waals surface area contributed by atoms with Crippen molar-refractivity contribution in [1.29, 1.82) is 0 Å². The second-order valence-corrected chi connectivity index (χ2v) is 4.92. The van der Waals surface area contributed by atoms with Crippen molar-refractivity contribution in [3.05, 3.63) is 29.8 Å². The average molecular weight is 233 g/mol. The molecule has 0 aliphatic heterocycles. The zero-order valence-corrected chi connectivity index (χ0v) is 9.93. The third kappa shape index (κ3) is 3.30. The summed E-state index contributed by atoms with van der Waals surface area (Å²) in [7, 11) is 0. The Morgan fingerprint density at radius 2 is 2.00 bits per heavy atom. The second kappa shape index (κ2) is 5.32. The first-order chi connectivity index (χ1) is 8.15. The van der Waals surface area contributed by atoms with E-state index in [1.165, 1.54) is 0 Å². The Bertz CT molecular complexity index is 395. The third-order valence-electron chi connectivity index (χ3n) is 3.52. The van der Waals surface area contributed by atoms with Gasteiger partial charge in [0.05, 0.1) is 0 Å². The van der Waals surface area contributed by atoms with Crippen molar-refractivity contribution < 1.29 is 9.90 Å². The van der Waals surface area contributed by atoms with Crippen LogP contribution in [0.2, 0.25) is 0 Å². The van der Waals surface area contributed by atoms with Gasteiger partial charge in [0.25, 0.3) is 0 Å². The topological polar surface area (TPSA) is 63.3 Å². The number of rotatable bonds is 3. The van der Waals surface area contributed by atoms with Crippen LogP contribution in [0.1, 0.15) is 31.2 Å². The summed E-state index contributed by atoms with van der Waals surface area (Å²) in [5.74, 6) is 0.667. The van der Waals surface area contributed by atoms with Gasteiger partial charge in [-0.1, -0.05) is 12.1 Å². The van der Waals surface area contributed by atoms with Gasteiger partial charge in [-0.2, -0.15) is 0 Å². The molecule has 1 fully saturated rings. The van der Waals surface area contributed by atoms with E-state index in [-0.39, 0.29) is 23.5 Å². The van der Waals surface area contributed by atoms with Crippen molar-refractivity contribution in [1.82, 2.24) is 0 Å². The smallest absolute Gasteiger partial charge is 0.140 e. The highest BCUT2D eigenvalue weighted by atomic mass is 16.3. The SMILES string of the molecule is NC1CCC(C(=O)Cc2cccc(O)c2)CC1. The predicted octanol–water partition coefficient (Wildman–Crippen LogP) is 2.02. The minimum atomic E-state index is 0.164. The van der Waals surface area contributed by atoms with Gasteiger partial charge in [-0.3, -0.25) is 4.79 Å². The molecule has 1 aliphatic rings. The maximum Gasteiger partial charge on any atom is 0.140 e. The van der Waals surface area contributed by atoms with Crippen LogP contribution < -0.4 is 5.73 Å². The Balaban J connectivity index is 1.93. The number of carbonyl (C=O) groups is 1. The van der Waals surface area contributed by atoms with E-state index in [1.807, 2.05) is 6.07 Å². The number of phenols is 1. The number of hydrogen-bond donors (Lipinski definition) is 2. The van der Waals surface area contributed by atoms with Crippen LogP contribution in [-0.4, -0.2) is 16.9 Å². The first-order valence-electron chi connectivity index (χ1n) is 6.21. The zero-order valence-electron chi connectivity index (χ0n) is 9.93. The zero-order chi connectivity index (χ0) is 12.3. The van der Waals surface area contributed by atoms with E-state index in [0.717, 1.165) is 31.2 Å². The number of benzene rings is 1. The molecule has 1 aromatic carbocycles. The Hall–Kier alpha value is -1.35. The number of Topliss-reactive ketones (excluding diaryl/α,β-unsaturated/α-hetero) is 1. The molecule has 0 aromatic heterocycles. The van der Waals surface area contributed by atoms with Crippen molar-refractivity contribution in [3.8, 4) is 5.75 Å². The number of aromatic hydroxyl groups is 1. The number of nitrogens with two attached hydrogens (primary N) is 1. The van der Waals surface area contributed by atoms with Crippen molar-refractivity contribution in [3.63, 3.8) is 0 Å². The fourth-order valence-corrected chi connectivity index (χ4v) is 2.45. The molecule has 0 heterocycles. The molecule has 0 spiro atoms. The lowest BCUT2D eigenvalue weighted by Crippen LogP contribution is -2.30. The summed E-state index contributed by atoms with van der Waals surface area (Å²) in [6, 6.07) is 7.21. The fraction of sp³-hybridized carbons (Fsp3) is 0.500. The first-order valence-corrected chi connectivity index (χ1v) is 6.21. The molecule has 17 heavy (non-hydrogen) atoms. The van der Waals surface area contributed by atoms with Crippen LogP contribution in [0.5, 0.6) is 5.75 Å². The van der Waals surface area contributed by atoms with Gasteiger partial charge in [0, 0.05) is 18.4 Å². The van der Waals surface area contributed by atoms with Gasteiger partial charge >= 0.3 is 0 Å². The molecular weight excluding hydrogens is 214 g/mol. The molecule has 0 atom stereocenters. The molecule has 0 radical (unpaired) electrons. The Kier molecular flexibility index (Phi) is 3.79. The Morgan fingerprint density at radius 3 is 2.65 bits per heavy atom. The maximum absolute atomic E-state index is 12.1. The molecule has 1 saturated carbocycles. The highest BCUT2D eigenvalue weighted by Gasteiger charge is 2.24. The van der Waals surface area contributed by atoms with E-state index in [1.54, 1.807) is 18.2 Å². The predicted molar refractivity (Wildman–Crippen MR) is 66.8 cm³/mol. The Labute approximate surface area is 102 Å². The summed E-state index contributed by atoms with van der Waals surface area (Å²) in [6.45, 7) is 0. The van der Waals surface area contributed by atoms with Gasteiger partial charge in [-0.25, -0.2) is 0 Å². The van der Waals surface area contributed by atoms with E-state index in [0.29, 0.717) is 6.42 Å². The highest BCUT2D eigenvalue weighted by Crippen LogP contribution is 2.25. The molecule has 3 nitrogen and oxygen atoms in total. The lowest BCUT2D eigenvalue weighted by atomic mass is 9.82. The molecular formula is C14H19NO2. The number of hydrogen-bond acceptors (Lipinski definition) is 3. The fourth-order valence-electron chi connectivity index (χ4n) is 2.45. The second-order valence-electron chi connectivity index (χ2n) is 4.92. The molecule has 3 heteroatoms. The van der Waals surface area contributed by atoms with E-state index in [9.17, 15) is 9.90 Å². The first kappa shape index (κ1) is 12.1. The quantitative estimate of drug-likeness (QED) is 0.839. The van der Waals surface area contributed by atoms with Crippen LogP contribution in [0.15, 0.2) is 24.3 Å². The summed E-state index contributed by atoms with van der Waals surface area (Å²) in [4.78, 5) is 12.1. The number of carbonyl (C=O) groups excluding carboxylic acids is 1. The normalized spacial score (nSPS) is 24.5. The molecule has 2 rings (SSSR count). The van der Waals surface area contributed by atoms with Crippen molar-refractivity contribution in [2.45, 2.75) is 38.1 Å². The lowest BCUT2D eigenvalue weighted by Gasteiger charge is -2.24. The van der Waals surface area contributed by atoms with Crippen LogP contribution >= 0.6 is 0 Å². The summed E-state index contributed by atoms with van der Waals surface area (Å²) in [5, 5.41) is 9.34. The summed E-state index contributed by atoms with van der Waals surface area (Å²) >= 11 is 0. The molecule has 3 N–H and O–H groups in total. The van der Waals surface area contributed by atoms with E-state index in [2.05, 4.69) is 0 Å². The van der Waals surface area contributed by atoms with Gasteiger partial charge in [0.1, 0.15) is 11.5 Å². The van der Waals surface area contributed by atoms with Crippen LogP contribution in [0, 0.1) is 5.92 Å². The summed E-state index contributed by atoms with van der Waals surface area (Å²) in [6.07, 6.45) is 4.17. The van der Waals surface area contributed by atoms with Gasteiger partial charge < -0.3 is 10.8 Å². The molecule has 92 valence electrons. The monoisotopic (exact) mass is 233 g/mol. The van der Waals surface area contributed by atoms with Gasteiger partial charge in [0.15, 0.2) is 0 Å². The van der Waals surface area contributed by atoms with Gasteiger partial charge in [-0.05, 0) is 43.4 Å². The standard InChI is InChI=1S/C14H19NO2/c15-12-6-4-11(5-7-12)14(17)9-10-2-1-3-13(16)8-10/h1-3,8,11-12,16H,4-7,9,15H2. The average Bonchev–Trinajstić information content (AvgIpc) is 2.29. The molecule has 0 saturated heterocycles. The molecule has 0 bridgehead atoms. The number of phenolic OH excluding ortho intramolecular Hbond substituents is 1. The van der Waals surface area contributed by atoms with Crippen molar-refractivity contribution in [2.24, 2.45) is 11.7 Å². The highest BCUT2D eigenvalue weighted by molar-refractivity contribution is 5.83. The third-order valence-corrected chi connectivity index (χ3v) is 3.52. The minimum absolute atomic E-state index is 0.164. The summed E-state index contributed by atoms with van der Waals surface area (Å²) < 4.78 is 0. The van der Waals surface area contributed by atoms with Gasteiger partial charge in [-0.15, -0.1) is 0 Å². The van der Waals surface area contributed by atoms with Crippen LogP contribution in [0.25, 0.3) is 0 Å². The molecule has 1 aromatic rings. The van der Waals surface area contributed by atoms with Crippen LogP contribution in [0.4, 0.5) is 0 Å². The lowest BCUT2D eigenvalue weighted by molar-refractivity contribution is -0.123. The van der Waals surface area contributed by atoms with E-state index in [4.69, 9.17) is 5.73 Å². The summed E-state index contributed by atoms with van der Waals surface area (Å²) in [5.41, 5.74) is 6.72.